The van der Waals surface area contributed by atoms with Crippen LogP contribution in [0.1, 0.15) is 49.7 Å². The van der Waals surface area contributed by atoms with Crippen molar-refractivity contribution in [3.63, 3.8) is 0 Å². The highest BCUT2D eigenvalue weighted by Gasteiger charge is 2.53. The van der Waals surface area contributed by atoms with Gasteiger partial charge in [-0.05, 0) is 124 Å². The summed E-state index contributed by atoms with van der Waals surface area (Å²) in [4.78, 5) is 13.3. The number of halogens is 3. The van der Waals surface area contributed by atoms with E-state index in [1.165, 1.54) is 19.3 Å². The van der Waals surface area contributed by atoms with Gasteiger partial charge in [-0.15, -0.1) is 0 Å². The third kappa shape index (κ3) is 4.85. The summed E-state index contributed by atoms with van der Waals surface area (Å²) in [7, 11) is 1.66. The van der Waals surface area contributed by atoms with E-state index in [1.54, 1.807) is 7.11 Å². The molecule has 4 aliphatic carbocycles. The number of rotatable bonds is 7. The maximum Gasteiger partial charge on any atom is 0.161 e. The maximum absolute atomic E-state index is 13.3. The topological polar surface area (TPSA) is 35.5 Å². The van der Waals surface area contributed by atoms with Crippen molar-refractivity contribution in [2.24, 2.45) is 23.2 Å². The molecule has 0 aromatic heterocycles. The predicted octanol–water partition coefficient (Wildman–Crippen LogP) is 8.36. The van der Waals surface area contributed by atoms with Gasteiger partial charge in [0.05, 0.1) is 16.1 Å². The Balaban J connectivity index is 1.32. The fourth-order valence-corrected chi connectivity index (χ4v) is 9.08. The molecule has 0 unspecified atom stereocenters. The number of carbonyl (C=O) groups excluding carboxylic acids is 1. The molecule has 4 bridgehead atoms. The summed E-state index contributed by atoms with van der Waals surface area (Å²) in [6, 6.07) is 9.89. The number of allylic oxidation sites excluding steroid dienone is 1. The van der Waals surface area contributed by atoms with Crippen molar-refractivity contribution < 1.29 is 14.3 Å². The SMILES string of the molecule is COc1ccc(/C=C/C(=O)C23CC4CC(CC(C4)C2)C3)cc1COc1c(Br)cc(Br)cc1Br. The van der Waals surface area contributed by atoms with Crippen LogP contribution < -0.4 is 9.47 Å². The van der Waals surface area contributed by atoms with E-state index < -0.39 is 0 Å². The Bertz CT molecular complexity index is 1050. The van der Waals surface area contributed by atoms with Gasteiger partial charge in [-0.25, -0.2) is 0 Å². The lowest BCUT2D eigenvalue weighted by Gasteiger charge is -2.55. The molecule has 0 N–H and O–H groups in total. The molecule has 0 heterocycles. The molecule has 0 amide bonds. The highest BCUT2D eigenvalue weighted by Crippen LogP contribution is 2.60. The zero-order chi connectivity index (χ0) is 23.2. The second-order valence-corrected chi connectivity index (χ2v) is 12.6. The lowest BCUT2D eigenvalue weighted by molar-refractivity contribution is -0.138. The van der Waals surface area contributed by atoms with Crippen molar-refractivity contribution in [1.82, 2.24) is 0 Å². The third-order valence-electron chi connectivity index (χ3n) is 7.63. The second-order valence-electron chi connectivity index (χ2n) is 9.95. The zero-order valence-corrected chi connectivity index (χ0v) is 23.3. The molecular formula is C27H27Br3O3. The average molecular weight is 639 g/mol. The fourth-order valence-electron chi connectivity index (χ4n) is 6.59. The standard InChI is InChI=1S/C27H27Br3O3/c1-32-24-4-2-16(9-20(24)15-33-26-22(29)10-21(28)11-23(26)30)3-5-25(31)27-12-17-6-18(13-27)8-19(7-17)14-27/h2-5,9-11,17-19H,6-8,12-15H2,1H3/b5-3+. The minimum absolute atomic E-state index is 0.0935. The van der Waals surface area contributed by atoms with Crippen molar-refractivity contribution in [3.8, 4) is 11.5 Å². The second kappa shape index (κ2) is 9.50. The number of methoxy groups -OCH3 is 1. The van der Waals surface area contributed by atoms with Gasteiger partial charge in [-0.3, -0.25) is 4.79 Å². The third-order valence-corrected chi connectivity index (χ3v) is 9.26. The van der Waals surface area contributed by atoms with E-state index in [-0.39, 0.29) is 5.41 Å². The molecule has 0 aliphatic heterocycles. The van der Waals surface area contributed by atoms with E-state index in [2.05, 4.69) is 47.8 Å². The summed E-state index contributed by atoms with van der Waals surface area (Å²) in [5, 5.41) is 0. The van der Waals surface area contributed by atoms with Gasteiger partial charge in [0.25, 0.3) is 0 Å². The predicted molar refractivity (Wildman–Crippen MR) is 142 cm³/mol. The van der Waals surface area contributed by atoms with Crippen molar-refractivity contribution in [2.75, 3.05) is 7.11 Å². The Hall–Kier alpha value is -1.11. The molecule has 33 heavy (non-hydrogen) atoms. The summed E-state index contributed by atoms with van der Waals surface area (Å²) in [5.74, 6) is 4.15. The number of benzene rings is 2. The van der Waals surface area contributed by atoms with Crippen molar-refractivity contribution in [3.05, 3.63) is 61.0 Å². The number of hydrogen-bond acceptors (Lipinski definition) is 3. The van der Waals surface area contributed by atoms with E-state index in [4.69, 9.17) is 9.47 Å². The van der Waals surface area contributed by atoms with Gasteiger partial charge in [0.15, 0.2) is 5.78 Å². The van der Waals surface area contributed by atoms with Crippen LogP contribution in [0.15, 0.2) is 49.8 Å². The van der Waals surface area contributed by atoms with Crippen LogP contribution in [-0.2, 0) is 11.4 Å². The van der Waals surface area contributed by atoms with Crippen LogP contribution in [0.2, 0.25) is 0 Å². The van der Waals surface area contributed by atoms with Gasteiger partial charge in [0.1, 0.15) is 18.1 Å². The van der Waals surface area contributed by atoms with Gasteiger partial charge < -0.3 is 9.47 Å². The molecule has 3 nitrogen and oxygen atoms in total. The molecule has 0 radical (unpaired) electrons. The smallest absolute Gasteiger partial charge is 0.161 e. The monoisotopic (exact) mass is 636 g/mol. The van der Waals surface area contributed by atoms with Crippen LogP contribution in [0.4, 0.5) is 0 Å². The molecule has 4 aliphatic rings. The Morgan fingerprint density at radius 2 is 1.61 bits per heavy atom. The molecule has 4 saturated carbocycles. The molecule has 0 spiro atoms. The minimum Gasteiger partial charge on any atom is -0.496 e. The maximum atomic E-state index is 13.3. The highest BCUT2D eigenvalue weighted by molar-refractivity contribution is 9.11. The first-order chi connectivity index (χ1) is 15.8. The summed E-state index contributed by atoms with van der Waals surface area (Å²) in [6.07, 6.45) is 11.1. The van der Waals surface area contributed by atoms with Gasteiger partial charge in [-0.1, -0.05) is 28.1 Å². The first kappa shape index (κ1) is 23.6. The fraction of sp³-hybridized carbons (Fsp3) is 0.444. The lowest BCUT2D eigenvalue weighted by atomic mass is 9.48. The number of ketones is 1. The van der Waals surface area contributed by atoms with Crippen LogP contribution in [0.25, 0.3) is 6.08 Å². The van der Waals surface area contributed by atoms with Crippen molar-refractivity contribution in [2.45, 2.75) is 45.1 Å². The van der Waals surface area contributed by atoms with Gasteiger partial charge in [-0.2, -0.15) is 0 Å². The summed E-state index contributed by atoms with van der Waals surface area (Å²) >= 11 is 10.6. The van der Waals surface area contributed by atoms with Crippen molar-refractivity contribution in [1.29, 1.82) is 0 Å². The molecule has 4 fully saturated rings. The summed E-state index contributed by atoms with van der Waals surface area (Å²) in [6.45, 7) is 0.354. The first-order valence-electron chi connectivity index (χ1n) is 11.5. The number of carbonyl (C=O) groups is 1. The number of ether oxygens (including phenoxy) is 2. The molecule has 2 aromatic carbocycles. The molecule has 0 saturated heterocycles. The quantitative estimate of drug-likeness (QED) is 0.286. The first-order valence-corrected chi connectivity index (χ1v) is 13.9. The molecular weight excluding hydrogens is 612 g/mol. The number of hydrogen-bond donors (Lipinski definition) is 0. The summed E-state index contributed by atoms with van der Waals surface area (Å²) in [5.41, 5.74) is 1.83. The van der Waals surface area contributed by atoms with Crippen LogP contribution in [0.3, 0.4) is 0 Å². The van der Waals surface area contributed by atoms with Crippen LogP contribution in [-0.4, -0.2) is 12.9 Å². The largest absolute Gasteiger partial charge is 0.496 e. The van der Waals surface area contributed by atoms with Gasteiger partial charge in [0.2, 0.25) is 0 Å². The Morgan fingerprint density at radius 1 is 1.00 bits per heavy atom. The van der Waals surface area contributed by atoms with Crippen LogP contribution >= 0.6 is 47.8 Å². The van der Waals surface area contributed by atoms with Gasteiger partial charge >= 0.3 is 0 Å². The van der Waals surface area contributed by atoms with E-state index in [1.807, 2.05) is 42.5 Å². The van der Waals surface area contributed by atoms with E-state index in [0.717, 1.165) is 73.1 Å². The summed E-state index contributed by atoms with van der Waals surface area (Å²) < 4.78 is 14.3. The van der Waals surface area contributed by atoms with E-state index in [0.29, 0.717) is 12.4 Å². The Kier molecular flexibility index (Phi) is 6.80. The zero-order valence-electron chi connectivity index (χ0n) is 18.6. The molecule has 0 atom stereocenters. The van der Waals surface area contributed by atoms with Crippen LogP contribution in [0, 0.1) is 23.2 Å². The Morgan fingerprint density at radius 3 is 2.18 bits per heavy atom. The molecule has 6 rings (SSSR count). The van der Waals surface area contributed by atoms with Gasteiger partial charge in [0, 0.05) is 15.5 Å². The van der Waals surface area contributed by atoms with Crippen LogP contribution in [0.5, 0.6) is 11.5 Å². The highest BCUT2D eigenvalue weighted by atomic mass is 79.9. The molecule has 174 valence electrons. The lowest BCUT2D eigenvalue weighted by Crippen LogP contribution is -2.49. The Labute approximate surface area is 220 Å². The normalized spacial score (nSPS) is 27.8. The molecule has 2 aromatic rings. The average Bonchev–Trinajstić information content (AvgIpc) is 2.76. The van der Waals surface area contributed by atoms with E-state index >= 15 is 0 Å². The van der Waals surface area contributed by atoms with E-state index in [9.17, 15) is 4.79 Å². The van der Waals surface area contributed by atoms with Crippen molar-refractivity contribution >= 4 is 59.6 Å². The molecule has 6 heteroatoms. The minimum atomic E-state index is -0.0935.